The molecule has 3 rings (SSSR count). The molecule has 1 fully saturated rings. The predicted molar refractivity (Wildman–Crippen MR) is 94.6 cm³/mol. The first-order chi connectivity index (χ1) is 12.0. The van der Waals surface area contributed by atoms with Crippen LogP contribution < -0.4 is 16.0 Å². The maximum atomic E-state index is 12.4. The van der Waals surface area contributed by atoms with Gasteiger partial charge in [-0.15, -0.1) is 0 Å². The van der Waals surface area contributed by atoms with Crippen LogP contribution >= 0.6 is 0 Å². The highest BCUT2D eigenvalue weighted by atomic mass is 16.5. The molecule has 0 bridgehead atoms. The van der Waals surface area contributed by atoms with Crippen molar-refractivity contribution in [3.05, 3.63) is 52.4 Å². The van der Waals surface area contributed by atoms with E-state index in [-0.39, 0.29) is 5.56 Å². The number of carbonyl (C=O) groups is 1. The van der Waals surface area contributed by atoms with E-state index < -0.39 is 11.9 Å². The Morgan fingerprint density at radius 1 is 1.36 bits per heavy atom. The maximum absolute atomic E-state index is 12.4. The van der Waals surface area contributed by atoms with Crippen molar-refractivity contribution >= 4 is 5.91 Å². The van der Waals surface area contributed by atoms with Crippen LogP contribution in [0.2, 0.25) is 0 Å². The predicted octanol–water partition coefficient (Wildman–Crippen LogP) is 2.95. The van der Waals surface area contributed by atoms with Gasteiger partial charge < -0.3 is 10.5 Å². The summed E-state index contributed by atoms with van der Waals surface area (Å²) in [5, 5.41) is 4.15. The summed E-state index contributed by atoms with van der Waals surface area (Å²) in [6.07, 6.45) is 6.52. The largest absolute Gasteiger partial charge is 0.455 e. The van der Waals surface area contributed by atoms with Crippen molar-refractivity contribution in [3.63, 3.8) is 0 Å². The Labute approximate surface area is 146 Å². The SMILES string of the molecule is Cc1ccccc1Oc1cnn([C@H](CC2CCCC2)C(N)=O)c(=O)c1. The number of aryl methyl sites for hydroxylation is 1. The Morgan fingerprint density at radius 3 is 2.72 bits per heavy atom. The highest BCUT2D eigenvalue weighted by Gasteiger charge is 2.26. The van der Waals surface area contributed by atoms with Crippen molar-refractivity contribution in [1.82, 2.24) is 9.78 Å². The number of ether oxygens (including phenoxy) is 1. The summed E-state index contributed by atoms with van der Waals surface area (Å²) < 4.78 is 6.91. The number of benzene rings is 1. The Morgan fingerprint density at radius 2 is 2.08 bits per heavy atom. The summed E-state index contributed by atoms with van der Waals surface area (Å²) in [6, 6.07) is 8.18. The van der Waals surface area contributed by atoms with E-state index in [2.05, 4.69) is 5.10 Å². The summed E-state index contributed by atoms with van der Waals surface area (Å²) in [5.74, 6) is 0.918. The van der Waals surface area contributed by atoms with Crippen molar-refractivity contribution in [2.75, 3.05) is 0 Å². The Hall–Kier alpha value is -2.63. The normalized spacial score (nSPS) is 15.9. The van der Waals surface area contributed by atoms with Crippen LogP contribution in [-0.2, 0) is 4.79 Å². The van der Waals surface area contributed by atoms with Crippen molar-refractivity contribution < 1.29 is 9.53 Å². The monoisotopic (exact) mass is 341 g/mol. The number of hydrogen-bond donors (Lipinski definition) is 1. The molecule has 2 aromatic rings. The third kappa shape index (κ3) is 4.07. The molecule has 1 saturated carbocycles. The molecule has 0 aliphatic heterocycles. The van der Waals surface area contributed by atoms with E-state index in [1.165, 1.54) is 29.8 Å². The Bertz CT molecular complexity index is 810. The first-order valence-corrected chi connectivity index (χ1v) is 8.66. The molecular formula is C19H23N3O3. The summed E-state index contributed by atoms with van der Waals surface area (Å²) in [4.78, 5) is 24.3. The van der Waals surface area contributed by atoms with E-state index in [0.717, 1.165) is 18.4 Å². The van der Waals surface area contributed by atoms with Gasteiger partial charge in [-0.3, -0.25) is 9.59 Å². The first kappa shape index (κ1) is 17.2. The van der Waals surface area contributed by atoms with Crippen molar-refractivity contribution in [3.8, 4) is 11.5 Å². The zero-order valence-electron chi connectivity index (χ0n) is 14.4. The van der Waals surface area contributed by atoms with Gasteiger partial charge in [-0.25, -0.2) is 4.68 Å². The van der Waals surface area contributed by atoms with Crippen molar-refractivity contribution in [1.29, 1.82) is 0 Å². The summed E-state index contributed by atoms with van der Waals surface area (Å²) in [5.41, 5.74) is 6.11. The highest BCUT2D eigenvalue weighted by Crippen LogP contribution is 2.31. The van der Waals surface area contributed by atoms with Crippen molar-refractivity contribution in [2.24, 2.45) is 11.7 Å². The van der Waals surface area contributed by atoms with Crippen LogP contribution in [0.25, 0.3) is 0 Å². The minimum atomic E-state index is -0.705. The van der Waals surface area contributed by atoms with Crippen LogP contribution in [0.4, 0.5) is 0 Å². The zero-order valence-corrected chi connectivity index (χ0v) is 14.4. The van der Waals surface area contributed by atoms with Crippen LogP contribution in [0.3, 0.4) is 0 Å². The molecular weight excluding hydrogens is 318 g/mol. The molecule has 1 heterocycles. The van der Waals surface area contributed by atoms with Gasteiger partial charge in [0.1, 0.15) is 11.8 Å². The lowest BCUT2D eigenvalue weighted by atomic mass is 9.98. The fourth-order valence-electron chi connectivity index (χ4n) is 3.39. The number of aromatic nitrogens is 2. The number of nitrogens with zero attached hydrogens (tertiary/aromatic N) is 2. The topological polar surface area (TPSA) is 87.2 Å². The van der Waals surface area contributed by atoms with Crippen LogP contribution in [0.5, 0.6) is 11.5 Å². The molecule has 0 saturated heterocycles. The third-order valence-electron chi connectivity index (χ3n) is 4.78. The fourth-order valence-corrected chi connectivity index (χ4v) is 3.39. The zero-order chi connectivity index (χ0) is 17.8. The van der Waals surface area contributed by atoms with Gasteiger partial charge in [-0.2, -0.15) is 5.10 Å². The molecule has 0 unspecified atom stereocenters. The average molecular weight is 341 g/mol. The van der Waals surface area contributed by atoms with Gasteiger partial charge in [0.25, 0.3) is 5.56 Å². The van der Waals surface area contributed by atoms with Gasteiger partial charge in [-0.1, -0.05) is 43.9 Å². The van der Waals surface area contributed by atoms with Crippen LogP contribution in [-0.4, -0.2) is 15.7 Å². The number of para-hydroxylation sites is 1. The minimum absolute atomic E-state index is 0.347. The minimum Gasteiger partial charge on any atom is -0.455 e. The van der Waals surface area contributed by atoms with Gasteiger partial charge in [0.05, 0.1) is 6.20 Å². The summed E-state index contributed by atoms with van der Waals surface area (Å²) >= 11 is 0. The fraction of sp³-hybridized carbons (Fsp3) is 0.421. The van der Waals surface area contributed by atoms with Gasteiger partial charge in [0.2, 0.25) is 5.91 Å². The Kier molecular flexibility index (Phi) is 5.16. The molecule has 1 amide bonds. The van der Waals surface area contributed by atoms with Crippen LogP contribution in [0.1, 0.15) is 43.7 Å². The molecule has 1 aromatic carbocycles. The second-order valence-electron chi connectivity index (χ2n) is 6.65. The number of nitrogens with two attached hydrogens (primary N) is 1. The standard InChI is InChI=1S/C19H23N3O3/c1-13-6-2-5-9-17(13)25-15-11-18(23)22(21-12-15)16(19(20)24)10-14-7-3-4-8-14/h2,5-6,9,11-12,14,16H,3-4,7-8,10H2,1H3,(H2,20,24)/t16-/m1/s1. The van der Waals surface area contributed by atoms with Gasteiger partial charge in [0, 0.05) is 6.07 Å². The molecule has 1 aliphatic rings. The molecule has 2 N–H and O–H groups in total. The van der Waals surface area contributed by atoms with Crippen molar-refractivity contribution in [2.45, 2.75) is 45.1 Å². The van der Waals surface area contributed by atoms with Gasteiger partial charge >= 0.3 is 0 Å². The molecule has 1 aromatic heterocycles. The second-order valence-corrected chi connectivity index (χ2v) is 6.65. The molecule has 6 nitrogen and oxygen atoms in total. The smallest absolute Gasteiger partial charge is 0.271 e. The highest BCUT2D eigenvalue weighted by molar-refractivity contribution is 5.78. The molecule has 1 atom stereocenters. The summed E-state index contributed by atoms with van der Waals surface area (Å²) in [7, 11) is 0. The number of amides is 1. The molecule has 25 heavy (non-hydrogen) atoms. The lowest BCUT2D eigenvalue weighted by Crippen LogP contribution is -2.36. The lowest BCUT2D eigenvalue weighted by molar-refractivity contribution is -0.122. The first-order valence-electron chi connectivity index (χ1n) is 8.66. The number of hydrogen-bond acceptors (Lipinski definition) is 4. The van der Waals surface area contributed by atoms with E-state index in [0.29, 0.717) is 23.8 Å². The molecule has 0 spiro atoms. The van der Waals surface area contributed by atoms with E-state index >= 15 is 0 Å². The van der Waals surface area contributed by atoms with Gasteiger partial charge in [0.15, 0.2) is 5.75 Å². The number of rotatable bonds is 6. The van der Waals surface area contributed by atoms with E-state index in [1.807, 2.05) is 31.2 Å². The Balaban J connectivity index is 1.81. The van der Waals surface area contributed by atoms with Gasteiger partial charge in [-0.05, 0) is 30.9 Å². The molecule has 1 aliphatic carbocycles. The molecule has 132 valence electrons. The quantitative estimate of drug-likeness (QED) is 0.875. The molecule has 6 heteroatoms. The average Bonchev–Trinajstić information content (AvgIpc) is 3.08. The van der Waals surface area contributed by atoms with Crippen LogP contribution in [0, 0.1) is 12.8 Å². The number of primary amides is 1. The third-order valence-corrected chi connectivity index (χ3v) is 4.78. The number of carbonyl (C=O) groups excluding carboxylic acids is 1. The van der Waals surface area contributed by atoms with E-state index in [4.69, 9.17) is 10.5 Å². The van der Waals surface area contributed by atoms with E-state index in [1.54, 1.807) is 0 Å². The van der Waals surface area contributed by atoms with E-state index in [9.17, 15) is 9.59 Å². The van der Waals surface area contributed by atoms with Crippen LogP contribution in [0.15, 0.2) is 41.3 Å². The second kappa shape index (κ2) is 7.51. The lowest BCUT2D eigenvalue weighted by Gasteiger charge is -2.19. The maximum Gasteiger partial charge on any atom is 0.271 e. The summed E-state index contributed by atoms with van der Waals surface area (Å²) in [6.45, 7) is 1.93. The molecule has 0 radical (unpaired) electrons.